The zero-order chi connectivity index (χ0) is 15.9. The Hall–Kier alpha value is -1.71. The van der Waals surface area contributed by atoms with Crippen molar-refractivity contribution >= 4 is 6.03 Å². The molecule has 0 aliphatic heterocycles. The lowest BCUT2D eigenvalue weighted by atomic mass is 9.85. The van der Waals surface area contributed by atoms with Crippen LogP contribution in [-0.2, 0) is 11.8 Å². The van der Waals surface area contributed by atoms with Gasteiger partial charge in [-0.15, -0.1) is 0 Å². The molecule has 0 heterocycles. The number of methoxy groups -OCH3 is 1. The van der Waals surface area contributed by atoms with Gasteiger partial charge in [-0.1, -0.05) is 39.8 Å². The van der Waals surface area contributed by atoms with Crippen molar-refractivity contribution in [2.45, 2.75) is 46.0 Å². The second kappa shape index (κ2) is 7.91. The summed E-state index contributed by atoms with van der Waals surface area (Å²) in [5, 5.41) is 5.67. The summed E-state index contributed by atoms with van der Waals surface area (Å²) in [6.45, 7) is 9.90. The Bertz CT molecular complexity index is 464. The third kappa shape index (κ3) is 5.66. The molecule has 0 spiro atoms. The number of ether oxygens (including phenoxy) is 1. The second-order valence-corrected chi connectivity index (χ2v) is 6.21. The minimum absolute atomic E-state index is 0.104. The van der Waals surface area contributed by atoms with Crippen LogP contribution in [0.1, 0.15) is 45.2 Å². The van der Waals surface area contributed by atoms with E-state index in [1.54, 1.807) is 7.11 Å². The monoisotopic (exact) mass is 292 g/mol. The van der Waals surface area contributed by atoms with Gasteiger partial charge in [-0.2, -0.15) is 0 Å². The van der Waals surface area contributed by atoms with E-state index >= 15 is 0 Å². The number of carbonyl (C=O) groups is 1. The molecule has 0 saturated heterocycles. The maximum atomic E-state index is 11.5. The predicted octanol–water partition coefficient (Wildman–Crippen LogP) is 3.24. The minimum atomic E-state index is -0.109. The first-order valence-electron chi connectivity index (χ1n) is 7.57. The van der Waals surface area contributed by atoms with Gasteiger partial charge in [0.2, 0.25) is 0 Å². The van der Waals surface area contributed by atoms with Crippen molar-refractivity contribution in [1.29, 1.82) is 0 Å². The van der Waals surface area contributed by atoms with Gasteiger partial charge in [-0.3, -0.25) is 0 Å². The lowest BCUT2D eigenvalue weighted by Gasteiger charge is -2.21. The van der Waals surface area contributed by atoms with Gasteiger partial charge >= 0.3 is 6.03 Å². The highest BCUT2D eigenvalue weighted by molar-refractivity contribution is 5.73. The maximum absolute atomic E-state index is 11.5. The maximum Gasteiger partial charge on any atom is 0.314 e. The van der Waals surface area contributed by atoms with Crippen molar-refractivity contribution < 1.29 is 9.53 Å². The lowest BCUT2D eigenvalue weighted by molar-refractivity contribution is 0.241. The smallest absolute Gasteiger partial charge is 0.314 e. The molecule has 1 aromatic carbocycles. The summed E-state index contributed by atoms with van der Waals surface area (Å²) < 4.78 is 5.41. The number of amides is 2. The standard InChI is InChI=1S/C17H28N2O2/c1-6-10-18-16(20)19-11-9-13-12-14(17(2,3)4)7-8-15(13)21-5/h7-8,12H,6,9-11H2,1-5H3,(H2,18,19,20). The third-order valence-corrected chi connectivity index (χ3v) is 3.36. The quantitative estimate of drug-likeness (QED) is 0.845. The van der Waals surface area contributed by atoms with E-state index in [-0.39, 0.29) is 11.4 Å². The van der Waals surface area contributed by atoms with Crippen LogP contribution < -0.4 is 15.4 Å². The van der Waals surface area contributed by atoms with Gasteiger partial charge in [0.1, 0.15) is 5.75 Å². The Kier molecular flexibility index (Phi) is 6.53. The first-order chi connectivity index (χ1) is 9.88. The van der Waals surface area contributed by atoms with Gasteiger partial charge in [0.15, 0.2) is 0 Å². The van der Waals surface area contributed by atoms with Crippen LogP contribution in [0.3, 0.4) is 0 Å². The third-order valence-electron chi connectivity index (χ3n) is 3.36. The van der Waals surface area contributed by atoms with Gasteiger partial charge in [0, 0.05) is 13.1 Å². The lowest BCUT2D eigenvalue weighted by Crippen LogP contribution is -2.36. The highest BCUT2D eigenvalue weighted by Gasteiger charge is 2.15. The van der Waals surface area contributed by atoms with Gasteiger partial charge in [-0.05, 0) is 35.4 Å². The molecule has 2 N–H and O–H groups in total. The molecule has 1 rings (SSSR count). The van der Waals surface area contributed by atoms with Crippen molar-refractivity contribution in [3.05, 3.63) is 29.3 Å². The summed E-state index contributed by atoms with van der Waals surface area (Å²) in [6.07, 6.45) is 1.70. The highest BCUT2D eigenvalue weighted by Crippen LogP contribution is 2.28. The highest BCUT2D eigenvalue weighted by atomic mass is 16.5. The van der Waals surface area contributed by atoms with Gasteiger partial charge in [-0.25, -0.2) is 4.79 Å². The number of carbonyl (C=O) groups excluding carboxylic acids is 1. The van der Waals surface area contributed by atoms with Crippen molar-refractivity contribution in [3.63, 3.8) is 0 Å². The van der Waals surface area contributed by atoms with Crippen LogP contribution in [-0.4, -0.2) is 26.2 Å². The van der Waals surface area contributed by atoms with E-state index in [1.807, 2.05) is 13.0 Å². The Labute approximate surface area is 128 Å². The Morgan fingerprint density at radius 2 is 1.86 bits per heavy atom. The molecule has 1 aromatic rings. The molecule has 2 amide bonds. The van der Waals surface area contributed by atoms with Crippen molar-refractivity contribution in [1.82, 2.24) is 10.6 Å². The molecule has 118 valence electrons. The zero-order valence-electron chi connectivity index (χ0n) is 13.9. The molecule has 4 heteroatoms. The van der Waals surface area contributed by atoms with E-state index in [2.05, 4.69) is 43.5 Å². The van der Waals surface area contributed by atoms with Crippen molar-refractivity contribution in [2.24, 2.45) is 0 Å². The molecular formula is C17H28N2O2. The number of hydrogen-bond donors (Lipinski definition) is 2. The van der Waals surface area contributed by atoms with Crippen LogP contribution in [0.4, 0.5) is 4.79 Å². The fourth-order valence-corrected chi connectivity index (χ4v) is 2.05. The number of hydrogen-bond acceptors (Lipinski definition) is 2. The average Bonchev–Trinajstić information content (AvgIpc) is 2.44. The summed E-state index contributed by atoms with van der Waals surface area (Å²) in [7, 11) is 1.68. The van der Waals surface area contributed by atoms with E-state index in [0.717, 1.165) is 24.2 Å². The summed E-state index contributed by atoms with van der Waals surface area (Å²) >= 11 is 0. The van der Waals surface area contributed by atoms with Gasteiger partial charge in [0.25, 0.3) is 0 Å². The molecule has 4 nitrogen and oxygen atoms in total. The van der Waals surface area contributed by atoms with Gasteiger partial charge < -0.3 is 15.4 Å². The summed E-state index contributed by atoms with van der Waals surface area (Å²) in [5.74, 6) is 0.874. The largest absolute Gasteiger partial charge is 0.496 e. The van der Waals surface area contributed by atoms with Crippen LogP contribution in [0.15, 0.2) is 18.2 Å². The molecule has 0 atom stereocenters. The molecule has 0 aliphatic rings. The van der Waals surface area contributed by atoms with Crippen LogP contribution in [0.5, 0.6) is 5.75 Å². The van der Waals surface area contributed by atoms with E-state index in [4.69, 9.17) is 4.74 Å². The molecule has 0 radical (unpaired) electrons. The van der Waals surface area contributed by atoms with Crippen LogP contribution in [0.25, 0.3) is 0 Å². The molecule has 0 bridgehead atoms. The van der Waals surface area contributed by atoms with Crippen molar-refractivity contribution in [3.8, 4) is 5.75 Å². The fraction of sp³-hybridized carbons (Fsp3) is 0.588. The number of benzene rings is 1. The molecule has 21 heavy (non-hydrogen) atoms. The molecule has 0 fully saturated rings. The van der Waals surface area contributed by atoms with E-state index in [0.29, 0.717) is 13.1 Å². The molecule has 0 aromatic heterocycles. The fourth-order valence-electron chi connectivity index (χ4n) is 2.05. The summed E-state index contributed by atoms with van der Waals surface area (Å²) in [6, 6.07) is 6.17. The predicted molar refractivity (Wildman–Crippen MR) is 87.1 cm³/mol. The minimum Gasteiger partial charge on any atom is -0.496 e. The van der Waals surface area contributed by atoms with E-state index in [1.165, 1.54) is 5.56 Å². The first-order valence-corrected chi connectivity index (χ1v) is 7.57. The summed E-state index contributed by atoms with van der Waals surface area (Å²) in [5.41, 5.74) is 2.50. The van der Waals surface area contributed by atoms with Crippen LogP contribution in [0, 0.1) is 0 Å². The zero-order valence-corrected chi connectivity index (χ0v) is 13.9. The summed E-state index contributed by atoms with van der Waals surface area (Å²) in [4.78, 5) is 11.5. The van der Waals surface area contributed by atoms with Crippen LogP contribution in [0.2, 0.25) is 0 Å². The molecule has 0 aliphatic carbocycles. The molecule has 0 saturated carbocycles. The normalized spacial score (nSPS) is 11.1. The molecular weight excluding hydrogens is 264 g/mol. The number of nitrogens with one attached hydrogen (secondary N) is 2. The Balaban J connectivity index is 2.66. The van der Waals surface area contributed by atoms with Gasteiger partial charge in [0.05, 0.1) is 7.11 Å². The number of urea groups is 1. The number of rotatable bonds is 6. The topological polar surface area (TPSA) is 50.4 Å². The Morgan fingerprint density at radius 1 is 1.19 bits per heavy atom. The second-order valence-electron chi connectivity index (χ2n) is 6.21. The van der Waals surface area contributed by atoms with Crippen LogP contribution >= 0.6 is 0 Å². The first kappa shape index (κ1) is 17.3. The average molecular weight is 292 g/mol. The van der Waals surface area contributed by atoms with E-state index in [9.17, 15) is 4.79 Å². The Morgan fingerprint density at radius 3 is 2.43 bits per heavy atom. The van der Waals surface area contributed by atoms with Crippen molar-refractivity contribution in [2.75, 3.05) is 20.2 Å². The van der Waals surface area contributed by atoms with E-state index < -0.39 is 0 Å². The SMILES string of the molecule is CCCNC(=O)NCCc1cc(C(C)(C)C)ccc1OC. The molecule has 0 unspecified atom stereocenters.